The molecule has 4 aromatic rings. The summed E-state index contributed by atoms with van der Waals surface area (Å²) in [6.07, 6.45) is 6.79. The first-order valence-electron chi connectivity index (χ1n) is 19.3. The van der Waals surface area contributed by atoms with Crippen molar-refractivity contribution < 1.29 is 27.8 Å². The topological polar surface area (TPSA) is 122 Å². The van der Waals surface area contributed by atoms with E-state index in [1.807, 2.05) is 42.5 Å². The van der Waals surface area contributed by atoms with Gasteiger partial charge in [0, 0.05) is 54.6 Å². The summed E-state index contributed by atoms with van der Waals surface area (Å²) in [6.45, 7) is 8.57. The van der Waals surface area contributed by atoms with E-state index in [-0.39, 0.29) is 48.1 Å². The number of ether oxygens (including phenoxy) is 3. The molecule has 284 valence electrons. The number of nitrogens with zero attached hydrogens (tertiary/aromatic N) is 8. The van der Waals surface area contributed by atoms with E-state index in [0.717, 1.165) is 57.0 Å². The van der Waals surface area contributed by atoms with Crippen molar-refractivity contribution in [2.45, 2.75) is 108 Å². The van der Waals surface area contributed by atoms with Crippen LogP contribution in [0.4, 0.5) is 19.4 Å². The Morgan fingerprint density at radius 1 is 1.06 bits per heavy atom. The van der Waals surface area contributed by atoms with Crippen LogP contribution in [0.1, 0.15) is 83.9 Å². The second-order valence-corrected chi connectivity index (χ2v) is 16.6. The highest BCUT2D eigenvalue weighted by atomic mass is 19.1. The molecule has 14 heteroatoms. The van der Waals surface area contributed by atoms with Crippen LogP contribution in [-0.2, 0) is 9.47 Å². The first-order valence-corrected chi connectivity index (χ1v) is 19.3. The molecule has 2 bridgehead atoms. The first-order chi connectivity index (χ1) is 26.0. The average Bonchev–Trinajstić information content (AvgIpc) is 3.90. The number of amides is 1. The fraction of sp³-hybridized carbons (Fsp3) is 0.575. The maximum Gasteiger partial charge on any atom is 0.410 e. The summed E-state index contributed by atoms with van der Waals surface area (Å²) in [5.41, 5.74) is 0.715. The molecule has 7 heterocycles. The summed E-state index contributed by atoms with van der Waals surface area (Å²) >= 11 is 0. The molecule has 5 aliphatic heterocycles. The zero-order valence-electron chi connectivity index (χ0n) is 31.1. The Balaban J connectivity index is 1.13. The molecule has 12 nitrogen and oxygen atoms in total. The monoisotopic (exact) mass is 740 g/mol. The third-order valence-corrected chi connectivity index (χ3v) is 12.0. The molecule has 0 radical (unpaired) electrons. The van der Waals surface area contributed by atoms with E-state index in [1.54, 1.807) is 18.3 Å². The Bertz CT molecular complexity index is 2150. The third-order valence-electron chi connectivity index (χ3n) is 12.0. The van der Waals surface area contributed by atoms with Crippen molar-refractivity contribution in [2.24, 2.45) is 0 Å². The van der Waals surface area contributed by atoms with E-state index in [2.05, 4.69) is 21.0 Å². The van der Waals surface area contributed by atoms with E-state index in [4.69, 9.17) is 24.2 Å². The molecule has 2 aromatic carbocycles. The van der Waals surface area contributed by atoms with Crippen molar-refractivity contribution in [1.82, 2.24) is 29.5 Å². The molecule has 5 fully saturated rings. The Labute approximate surface area is 312 Å². The van der Waals surface area contributed by atoms with Crippen LogP contribution in [0.3, 0.4) is 0 Å². The number of carbonyl (C=O) groups is 1. The number of nitriles is 1. The standard InChI is InChI=1S/C40H46F2N8O4/c1-39(2,3)54-38(51)49-26-9-10-27(49)22-47(21-26)36-29-12-11-28(33-24(18-43)8-13-31-30(33)19-44-50(31)32-7-4-5-16-52-32)34(42)35(29)45-37(46-36)53-23-40-14-6-15-48(40)20-25(41)17-40/h8,11-13,19,25-27,32H,4-7,9-10,14-17,20-23H2,1-3H3/t25-,26-,27+,32?,40+/m1/s1. The molecule has 54 heavy (non-hydrogen) atoms. The molecule has 1 amide bonds. The second-order valence-electron chi connectivity index (χ2n) is 16.6. The van der Waals surface area contributed by atoms with Gasteiger partial charge in [-0.15, -0.1) is 0 Å². The van der Waals surface area contributed by atoms with Crippen LogP contribution in [0.25, 0.3) is 32.9 Å². The predicted octanol–water partition coefficient (Wildman–Crippen LogP) is 6.90. The molecule has 0 aliphatic carbocycles. The summed E-state index contributed by atoms with van der Waals surface area (Å²) < 4.78 is 52.0. The summed E-state index contributed by atoms with van der Waals surface area (Å²) in [6, 6.07) is 9.11. The Hall–Kier alpha value is -4.61. The second kappa shape index (κ2) is 13.3. The first kappa shape index (κ1) is 35.1. The number of alkyl halides is 1. The summed E-state index contributed by atoms with van der Waals surface area (Å²) in [7, 11) is 0. The molecule has 2 aromatic heterocycles. The highest BCUT2D eigenvalue weighted by Crippen LogP contribution is 2.43. The van der Waals surface area contributed by atoms with Gasteiger partial charge >= 0.3 is 12.1 Å². The van der Waals surface area contributed by atoms with Crippen LogP contribution in [0.5, 0.6) is 6.01 Å². The molecule has 0 spiro atoms. The lowest BCUT2D eigenvalue weighted by Gasteiger charge is -2.42. The number of halogens is 2. The van der Waals surface area contributed by atoms with Gasteiger partial charge in [0.05, 0.1) is 41.0 Å². The van der Waals surface area contributed by atoms with E-state index in [9.17, 15) is 14.4 Å². The van der Waals surface area contributed by atoms with Crippen molar-refractivity contribution in [3.63, 3.8) is 0 Å². The number of hydrogen-bond acceptors (Lipinski definition) is 10. The van der Waals surface area contributed by atoms with Crippen LogP contribution in [0.2, 0.25) is 0 Å². The van der Waals surface area contributed by atoms with Crippen molar-refractivity contribution >= 4 is 33.7 Å². The van der Waals surface area contributed by atoms with Gasteiger partial charge in [0.25, 0.3) is 0 Å². The SMILES string of the molecule is CC(C)(C)OC(=O)N1[C@@H]2CC[C@H]1CN(c1nc(OC[C@@]34CCCN3C[C@H](F)C4)nc3c(F)c(-c4c(C#N)ccc5c4cnn5C4CCCCO4)ccc13)C2. The number of aromatic nitrogens is 4. The van der Waals surface area contributed by atoms with Crippen LogP contribution in [-0.4, -0.2) is 104 Å². The highest BCUT2D eigenvalue weighted by Gasteiger charge is 2.50. The highest BCUT2D eigenvalue weighted by molar-refractivity contribution is 6.01. The molecular weight excluding hydrogens is 694 g/mol. The lowest BCUT2D eigenvalue weighted by molar-refractivity contribution is -0.0366. The number of piperazine rings is 1. The van der Waals surface area contributed by atoms with Crippen LogP contribution >= 0.6 is 0 Å². The van der Waals surface area contributed by atoms with Gasteiger partial charge in [-0.2, -0.15) is 20.3 Å². The molecule has 0 N–H and O–H groups in total. The van der Waals surface area contributed by atoms with E-state index < -0.39 is 23.1 Å². The lowest BCUT2D eigenvalue weighted by Crippen LogP contribution is -2.57. The summed E-state index contributed by atoms with van der Waals surface area (Å²) in [5.74, 6) is -0.0925. The average molecular weight is 741 g/mol. The Morgan fingerprint density at radius 2 is 1.87 bits per heavy atom. The van der Waals surface area contributed by atoms with E-state index in [0.29, 0.717) is 60.4 Å². The molecule has 9 rings (SSSR count). The van der Waals surface area contributed by atoms with Crippen molar-refractivity contribution in [2.75, 3.05) is 44.3 Å². The fourth-order valence-corrected chi connectivity index (χ4v) is 9.61. The van der Waals surface area contributed by atoms with Gasteiger partial charge < -0.3 is 19.1 Å². The quantitative estimate of drug-likeness (QED) is 0.206. The normalized spacial score (nSPS) is 27.1. The van der Waals surface area contributed by atoms with Gasteiger partial charge in [0.1, 0.15) is 29.7 Å². The Morgan fingerprint density at radius 3 is 2.61 bits per heavy atom. The van der Waals surface area contributed by atoms with E-state index >= 15 is 4.39 Å². The van der Waals surface area contributed by atoms with Gasteiger partial charge in [0.2, 0.25) is 0 Å². The van der Waals surface area contributed by atoms with Crippen LogP contribution in [0, 0.1) is 17.1 Å². The fourth-order valence-electron chi connectivity index (χ4n) is 9.61. The van der Waals surface area contributed by atoms with E-state index in [1.165, 1.54) is 0 Å². The largest absolute Gasteiger partial charge is 0.461 e. The number of hydrogen-bond donors (Lipinski definition) is 0. The van der Waals surface area contributed by atoms with Crippen molar-refractivity contribution in [3.8, 4) is 23.2 Å². The number of anilines is 1. The van der Waals surface area contributed by atoms with Crippen LogP contribution in [0.15, 0.2) is 30.5 Å². The zero-order chi connectivity index (χ0) is 37.4. The Kier molecular flexibility index (Phi) is 8.65. The van der Waals surface area contributed by atoms with Crippen molar-refractivity contribution in [1.29, 1.82) is 5.26 Å². The number of rotatable bonds is 6. The van der Waals surface area contributed by atoms with Gasteiger partial charge in [-0.3, -0.25) is 9.80 Å². The zero-order valence-corrected chi connectivity index (χ0v) is 31.1. The van der Waals surface area contributed by atoms with Gasteiger partial charge in [-0.05, 0) is 90.5 Å². The lowest BCUT2D eigenvalue weighted by atomic mass is 9.95. The maximum absolute atomic E-state index is 17.3. The minimum absolute atomic E-state index is 0.0139. The van der Waals surface area contributed by atoms with Gasteiger partial charge in [-0.1, -0.05) is 6.07 Å². The number of carbonyl (C=O) groups excluding carboxylic acids is 1. The maximum atomic E-state index is 17.3. The summed E-state index contributed by atoms with van der Waals surface area (Å²) in [4.78, 5) is 29.0. The number of fused-ring (bicyclic) bond motifs is 5. The van der Waals surface area contributed by atoms with Gasteiger partial charge in [-0.25, -0.2) is 18.3 Å². The molecule has 5 atom stereocenters. The molecule has 5 aliphatic rings. The molecule has 0 saturated carbocycles. The van der Waals surface area contributed by atoms with Gasteiger partial charge in [0.15, 0.2) is 12.0 Å². The smallest absolute Gasteiger partial charge is 0.410 e. The van der Waals surface area contributed by atoms with Crippen LogP contribution < -0.4 is 9.64 Å². The molecule has 5 saturated heterocycles. The minimum atomic E-state index is -0.926. The predicted molar refractivity (Wildman–Crippen MR) is 197 cm³/mol. The molecular formula is C40H46F2N8O4. The summed E-state index contributed by atoms with van der Waals surface area (Å²) in [5, 5.41) is 16.1. The third kappa shape index (κ3) is 6.00. The molecule has 1 unspecified atom stereocenters. The minimum Gasteiger partial charge on any atom is -0.461 e. The van der Waals surface area contributed by atoms with Crippen molar-refractivity contribution in [3.05, 3.63) is 41.8 Å². The number of benzene rings is 2.